The Bertz CT molecular complexity index is 394. The van der Waals surface area contributed by atoms with Gasteiger partial charge in [-0.05, 0) is 20.8 Å². The van der Waals surface area contributed by atoms with Crippen molar-refractivity contribution in [2.24, 2.45) is 0 Å². The molecule has 0 saturated heterocycles. The van der Waals surface area contributed by atoms with Crippen LogP contribution in [-0.4, -0.2) is 28.4 Å². The van der Waals surface area contributed by atoms with Crippen LogP contribution in [0.2, 0.25) is 0 Å². The van der Waals surface area contributed by atoms with Crippen LogP contribution < -0.4 is 5.32 Å². The lowest BCUT2D eigenvalue weighted by Gasteiger charge is -2.19. The molecule has 18 heavy (non-hydrogen) atoms. The Morgan fingerprint density at radius 2 is 2.11 bits per heavy atom. The molecule has 0 saturated carbocycles. The van der Waals surface area contributed by atoms with Crippen molar-refractivity contribution >= 4 is 6.09 Å². The highest BCUT2D eigenvalue weighted by atomic mass is 16.6. The van der Waals surface area contributed by atoms with Gasteiger partial charge in [-0.3, -0.25) is 0 Å². The summed E-state index contributed by atoms with van der Waals surface area (Å²) < 4.78 is 10.2. The highest BCUT2D eigenvalue weighted by Crippen LogP contribution is 2.10. The number of nitrogens with zero attached hydrogens (tertiary/aromatic N) is 2. The van der Waals surface area contributed by atoms with E-state index >= 15 is 0 Å². The van der Waals surface area contributed by atoms with Crippen molar-refractivity contribution in [3.8, 4) is 0 Å². The fourth-order valence-electron chi connectivity index (χ4n) is 1.19. The van der Waals surface area contributed by atoms with Gasteiger partial charge < -0.3 is 14.6 Å². The van der Waals surface area contributed by atoms with Gasteiger partial charge in [-0.1, -0.05) is 19.0 Å². The number of hydrogen-bond acceptors (Lipinski definition) is 5. The molecule has 0 atom stereocenters. The molecule has 6 heteroatoms. The average Bonchev–Trinajstić information content (AvgIpc) is 2.63. The summed E-state index contributed by atoms with van der Waals surface area (Å²) in [6, 6.07) is 0. The predicted octanol–water partition coefficient (Wildman–Crippen LogP) is 2.26. The molecular weight excluding hydrogens is 234 g/mol. The summed E-state index contributed by atoms with van der Waals surface area (Å²) in [6.45, 7) is 9.85. The molecule has 0 aliphatic rings. The topological polar surface area (TPSA) is 77.2 Å². The molecule has 1 rings (SSSR count). The van der Waals surface area contributed by atoms with Crippen molar-refractivity contribution < 1.29 is 14.1 Å². The summed E-state index contributed by atoms with van der Waals surface area (Å²) in [5, 5.41) is 6.47. The highest BCUT2D eigenvalue weighted by Gasteiger charge is 2.16. The van der Waals surface area contributed by atoms with Gasteiger partial charge in [-0.2, -0.15) is 4.98 Å². The van der Waals surface area contributed by atoms with Crippen LogP contribution in [0.15, 0.2) is 4.52 Å². The number of nitrogens with one attached hydrogen (secondary N) is 1. The van der Waals surface area contributed by atoms with Crippen LogP contribution in [-0.2, 0) is 11.2 Å². The highest BCUT2D eigenvalue weighted by molar-refractivity contribution is 5.67. The van der Waals surface area contributed by atoms with Crippen LogP contribution in [0.5, 0.6) is 0 Å². The molecule has 102 valence electrons. The minimum Gasteiger partial charge on any atom is -0.444 e. The smallest absolute Gasteiger partial charge is 0.407 e. The summed E-state index contributed by atoms with van der Waals surface area (Å²) in [4.78, 5) is 15.6. The van der Waals surface area contributed by atoms with Crippen molar-refractivity contribution in [1.82, 2.24) is 15.5 Å². The van der Waals surface area contributed by atoms with E-state index in [0.29, 0.717) is 24.7 Å². The molecule has 0 radical (unpaired) electrons. The molecule has 0 unspecified atom stereocenters. The standard InChI is InChI=1S/C12H21N3O3/c1-8(2)10-14-9(15-18-10)6-7-13-11(16)17-12(3,4)5/h8H,6-7H2,1-5H3,(H,13,16). The summed E-state index contributed by atoms with van der Waals surface area (Å²) in [5.41, 5.74) is -0.485. The molecule has 0 aromatic carbocycles. The van der Waals surface area contributed by atoms with Gasteiger partial charge in [0.2, 0.25) is 5.89 Å². The predicted molar refractivity (Wildman–Crippen MR) is 66.3 cm³/mol. The Morgan fingerprint density at radius 1 is 1.44 bits per heavy atom. The number of carbonyl (C=O) groups excluding carboxylic acids is 1. The van der Waals surface area contributed by atoms with Crippen LogP contribution in [0.3, 0.4) is 0 Å². The first-order valence-corrected chi connectivity index (χ1v) is 6.07. The second-order valence-corrected chi connectivity index (χ2v) is 5.38. The lowest BCUT2D eigenvalue weighted by Crippen LogP contribution is -2.33. The van der Waals surface area contributed by atoms with E-state index in [1.165, 1.54) is 0 Å². The van der Waals surface area contributed by atoms with E-state index in [-0.39, 0.29) is 5.92 Å². The minimum absolute atomic E-state index is 0.213. The molecule has 1 amide bonds. The monoisotopic (exact) mass is 255 g/mol. The van der Waals surface area contributed by atoms with E-state index in [0.717, 1.165) is 0 Å². The quantitative estimate of drug-likeness (QED) is 0.892. The largest absolute Gasteiger partial charge is 0.444 e. The Kier molecular flexibility index (Phi) is 4.69. The zero-order chi connectivity index (χ0) is 13.8. The molecule has 1 aromatic heterocycles. The second kappa shape index (κ2) is 5.84. The lowest BCUT2D eigenvalue weighted by molar-refractivity contribution is 0.0528. The van der Waals surface area contributed by atoms with Crippen LogP contribution in [0, 0.1) is 0 Å². The van der Waals surface area contributed by atoms with Crippen molar-refractivity contribution in [1.29, 1.82) is 0 Å². The van der Waals surface area contributed by atoms with Crippen LogP contribution in [0.4, 0.5) is 4.79 Å². The van der Waals surface area contributed by atoms with E-state index in [2.05, 4.69) is 15.5 Å². The van der Waals surface area contributed by atoms with E-state index in [1.807, 2.05) is 34.6 Å². The van der Waals surface area contributed by atoms with Gasteiger partial charge in [-0.25, -0.2) is 4.79 Å². The molecule has 0 fully saturated rings. The van der Waals surface area contributed by atoms with E-state index < -0.39 is 11.7 Å². The maximum Gasteiger partial charge on any atom is 0.407 e. The van der Waals surface area contributed by atoms with Crippen LogP contribution in [0.25, 0.3) is 0 Å². The maximum absolute atomic E-state index is 11.4. The molecule has 0 bridgehead atoms. The summed E-state index contributed by atoms with van der Waals surface area (Å²) in [5.74, 6) is 1.42. The van der Waals surface area contributed by atoms with Crippen molar-refractivity contribution in [2.45, 2.75) is 52.6 Å². The zero-order valence-corrected chi connectivity index (χ0v) is 11.6. The summed E-state index contributed by atoms with van der Waals surface area (Å²) in [6.07, 6.45) is 0.0882. The van der Waals surface area contributed by atoms with Gasteiger partial charge in [0.05, 0.1) is 0 Å². The van der Waals surface area contributed by atoms with E-state index in [4.69, 9.17) is 9.26 Å². The molecule has 0 aliphatic heterocycles. The van der Waals surface area contributed by atoms with Gasteiger partial charge in [0.15, 0.2) is 5.82 Å². The number of amides is 1. The normalized spacial score (nSPS) is 11.7. The van der Waals surface area contributed by atoms with E-state index in [1.54, 1.807) is 0 Å². The van der Waals surface area contributed by atoms with Gasteiger partial charge in [0.1, 0.15) is 5.60 Å². The summed E-state index contributed by atoms with van der Waals surface area (Å²) in [7, 11) is 0. The van der Waals surface area contributed by atoms with Gasteiger partial charge >= 0.3 is 6.09 Å². The first-order chi connectivity index (χ1) is 8.28. The number of carbonyl (C=O) groups is 1. The fraction of sp³-hybridized carbons (Fsp3) is 0.750. The molecular formula is C12H21N3O3. The second-order valence-electron chi connectivity index (χ2n) is 5.38. The molecule has 1 N–H and O–H groups in total. The third-order valence-electron chi connectivity index (χ3n) is 1.99. The van der Waals surface area contributed by atoms with E-state index in [9.17, 15) is 4.79 Å². The van der Waals surface area contributed by atoms with Crippen molar-refractivity contribution in [2.75, 3.05) is 6.54 Å². The first kappa shape index (κ1) is 14.5. The Morgan fingerprint density at radius 3 is 2.61 bits per heavy atom. The fourth-order valence-corrected chi connectivity index (χ4v) is 1.19. The number of hydrogen-bond donors (Lipinski definition) is 1. The third-order valence-corrected chi connectivity index (χ3v) is 1.99. The first-order valence-electron chi connectivity index (χ1n) is 6.07. The van der Waals surface area contributed by atoms with Gasteiger partial charge in [0.25, 0.3) is 0 Å². The average molecular weight is 255 g/mol. The Hall–Kier alpha value is -1.59. The lowest BCUT2D eigenvalue weighted by atomic mass is 10.2. The van der Waals surface area contributed by atoms with Gasteiger partial charge in [0, 0.05) is 18.9 Å². The summed E-state index contributed by atoms with van der Waals surface area (Å²) >= 11 is 0. The molecule has 0 aliphatic carbocycles. The number of ether oxygens (including phenoxy) is 1. The zero-order valence-electron chi connectivity index (χ0n) is 11.6. The molecule has 0 spiro atoms. The minimum atomic E-state index is -0.485. The number of rotatable bonds is 4. The Labute approximate surface area is 107 Å². The third kappa shape index (κ3) is 5.16. The molecule has 1 heterocycles. The Balaban J connectivity index is 2.31. The van der Waals surface area contributed by atoms with Crippen LogP contribution in [0.1, 0.15) is 52.3 Å². The van der Waals surface area contributed by atoms with Crippen LogP contribution >= 0.6 is 0 Å². The molecule has 6 nitrogen and oxygen atoms in total. The molecule has 1 aromatic rings. The van der Waals surface area contributed by atoms with Crippen molar-refractivity contribution in [3.05, 3.63) is 11.7 Å². The number of aromatic nitrogens is 2. The number of alkyl carbamates (subject to hydrolysis) is 1. The van der Waals surface area contributed by atoms with Gasteiger partial charge in [-0.15, -0.1) is 0 Å². The SMILES string of the molecule is CC(C)c1nc(CCNC(=O)OC(C)(C)C)no1. The van der Waals surface area contributed by atoms with Crippen molar-refractivity contribution in [3.63, 3.8) is 0 Å². The maximum atomic E-state index is 11.4.